The zero-order valence-corrected chi connectivity index (χ0v) is 23.8. The summed E-state index contributed by atoms with van der Waals surface area (Å²) in [6.45, 7) is 3.68. The van der Waals surface area contributed by atoms with E-state index in [1.54, 1.807) is 4.57 Å². The molecule has 13 heteroatoms. The van der Waals surface area contributed by atoms with Crippen molar-refractivity contribution in [1.82, 2.24) is 14.5 Å². The first-order valence-electron chi connectivity index (χ1n) is 12.3. The lowest BCUT2D eigenvalue weighted by Gasteiger charge is -2.26. The molecule has 0 saturated carbocycles. The molecule has 3 heterocycles. The smallest absolute Gasteiger partial charge is 0.319 e. The summed E-state index contributed by atoms with van der Waals surface area (Å²) in [5.74, 6) is -2.36. The second kappa shape index (κ2) is 10.7. The molecule has 10 nitrogen and oxygen atoms in total. The van der Waals surface area contributed by atoms with E-state index in [-0.39, 0.29) is 45.2 Å². The maximum atomic E-state index is 13.9. The van der Waals surface area contributed by atoms with E-state index in [1.807, 2.05) is 13.8 Å². The van der Waals surface area contributed by atoms with Gasteiger partial charge in [-0.3, -0.25) is 9.59 Å². The monoisotopic (exact) mass is 599 g/mol. The first-order valence-corrected chi connectivity index (χ1v) is 13.1. The van der Waals surface area contributed by atoms with Crippen LogP contribution in [0.15, 0.2) is 48.8 Å². The second-order valence-electron chi connectivity index (χ2n) is 9.52. The number of hydrogen-bond acceptors (Lipinski definition) is 7. The highest BCUT2D eigenvalue weighted by molar-refractivity contribution is 6.31. The standard InChI is InChI=1S/C28H24Cl2FN5O5/c1-13(2)23-22(28(39)17-7-5-14(29)9-20(17)34-26(28)38)16(24(37)33-15-6-8-19(31)18(30)10-15)12-36(23)21-11-32-27(41-4)35-25(21)40-3/h5-13,39H,1-4H3,(H,33,37)(H,34,38). The fourth-order valence-corrected chi connectivity index (χ4v) is 5.24. The quantitative estimate of drug-likeness (QED) is 0.263. The molecular formula is C28H24Cl2FN5O5. The number of hydrogen-bond donors (Lipinski definition) is 3. The Bertz CT molecular complexity index is 1710. The van der Waals surface area contributed by atoms with Gasteiger partial charge in [-0.25, -0.2) is 9.37 Å². The minimum absolute atomic E-state index is 0.0228. The van der Waals surface area contributed by atoms with Gasteiger partial charge in [0.2, 0.25) is 5.88 Å². The molecule has 5 rings (SSSR count). The van der Waals surface area contributed by atoms with E-state index in [0.29, 0.717) is 22.1 Å². The molecule has 2 amide bonds. The zero-order chi connectivity index (χ0) is 29.6. The predicted molar refractivity (Wildman–Crippen MR) is 151 cm³/mol. The summed E-state index contributed by atoms with van der Waals surface area (Å²) in [5, 5.41) is 17.8. The fraction of sp³-hybridized carbons (Fsp3) is 0.214. The maximum absolute atomic E-state index is 13.9. The van der Waals surface area contributed by atoms with Crippen LogP contribution in [0.2, 0.25) is 10.0 Å². The highest BCUT2D eigenvalue weighted by Gasteiger charge is 2.51. The molecule has 0 radical (unpaired) electrons. The third kappa shape index (κ3) is 4.75. The molecule has 2 aromatic heterocycles. The Morgan fingerprint density at radius 2 is 1.93 bits per heavy atom. The van der Waals surface area contributed by atoms with Crippen molar-refractivity contribution in [2.45, 2.75) is 25.4 Å². The van der Waals surface area contributed by atoms with Crippen molar-refractivity contribution in [1.29, 1.82) is 0 Å². The number of carbonyl (C=O) groups is 2. The van der Waals surface area contributed by atoms with Crippen molar-refractivity contribution in [3.63, 3.8) is 0 Å². The van der Waals surface area contributed by atoms with E-state index in [9.17, 15) is 19.1 Å². The normalized spacial score (nSPS) is 16.0. The highest BCUT2D eigenvalue weighted by Crippen LogP contribution is 2.47. The van der Waals surface area contributed by atoms with Crippen LogP contribution in [-0.4, -0.2) is 45.7 Å². The van der Waals surface area contributed by atoms with Crippen LogP contribution in [-0.2, 0) is 10.4 Å². The summed E-state index contributed by atoms with van der Waals surface area (Å²) in [7, 11) is 2.82. The number of nitrogens with zero attached hydrogens (tertiary/aromatic N) is 3. The average Bonchev–Trinajstić information content (AvgIpc) is 3.46. The summed E-state index contributed by atoms with van der Waals surface area (Å²) in [4.78, 5) is 35.8. The van der Waals surface area contributed by atoms with Crippen LogP contribution in [0.25, 0.3) is 5.69 Å². The minimum Gasteiger partial charge on any atom is -0.479 e. The van der Waals surface area contributed by atoms with Crippen LogP contribution in [0.4, 0.5) is 15.8 Å². The molecule has 0 aliphatic carbocycles. The third-order valence-corrected chi connectivity index (χ3v) is 7.20. The number of rotatable bonds is 7. The van der Waals surface area contributed by atoms with E-state index in [1.165, 1.54) is 56.9 Å². The van der Waals surface area contributed by atoms with Gasteiger partial charge < -0.3 is 29.8 Å². The van der Waals surface area contributed by atoms with Gasteiger partial charge in [0.05, 0.1) is 31.0 Å². The number of methoxy groups -OCH3 is 2. The van der Waals surface area contributed by atoms with Crippen LogP contribution in [0.1, 0.15) is 46.9 Å². The number of ether oxygens (including phenoxy) is 2. The lowest BCUT2D eigenvalue weighted by atomic mass is 9.82. The Morgan fingerprint density at radius 3 is 2.59 bits per heavy atom. The predicted octanol–water partition coefficient (Wildman–Crippen LogP) is 5.29. The zero-order valence-electron chi connectivity index (χ0n) is 22.3. The molecule has 1 aliphatic rings. The molecule has 1 unspecified atom stereocenters. The summed E-state index contributed by atoms with van der Waals surface area (Å²) in [6, 6.07) is 8.33. The van der Waals surface area contributed by atoms with Gasteiger partial charge in [0.25, 0.3) is 11.8 Å². The largest absolute Gasteiger partial charge is 0.479 e. The average molecular weight is 600 g/mol. The number of nitrogens with one attached hydrogen (secondary N) is 2. The van der Waals surface area contributed by atoms with E-state index in [4.69, 9.17) is 32.7 Å². The van der Waals surface area contributed by atoms with Crippen molar-refractivity contribution < 1.29 is 28.6 Å². The van der Waals surface area contributed by atoms with Crippen LogP contribution >= 0.6 is 23.2 Å². The molecule has 0 bridgehead atoms. The Hall–Kier alpha value is -4.19. The number of amides is 2. The number of fused-ring (bicyclic) bond motifs is 1. The minimum atomic E-state index is -2.29. The summed E-state index contributed by atoms with van der Waals surface area (Å²) in [6.07, 6.45) is 2.90. The van der Waals surface area contributed by atoms with E-state index in [2.05, 4.69) is 20.6 Å². The number of aromatic nitrogens is 3. The van der Waals surface area contributed by atoms with Crippen molar-refractivity contribution in [2.24, 2.45) is 0 Å². The number of halogens is 3. The lowest BCUT2D eigenvalue weighted by Crippen LogP contribution is -2.38. The molecule has 2 aromatic carbocycles. The van der Waals surface area contributed by atoms with Crippen molar-refractivity contribution in [3.8, 4) is 17.6 Å². The number of aliphatic hydroxyl groups is 1. The Morgan fingerprint density at radius 1 is 1.17 bits per heavy atom. The van der Waals surface area contributed by atoms with E-state index >= 15 is 0 Å². The topological polar surface area (TPSA) is 128 Å². The van der Waals surface area contributed by atoms with Crippen LogP contribution in [0.5, 0.6) is 11.9 Å². The van der Waals surface area contributed by atoms with Crippen LogP contribution in [0, 0.1) is 5.82 Å². The molecule has 1 aliphatic heterocycles. The molecule has 0 spiro atoms. The van der Waals surface area contributed by atoms with Crippen molar-refractivity contribution in [2.75, 3.05) is 24.9 Å². The third-order valence-electron chi connectivity index (χ3n) is 6.67. The van der Waals surface area contributed by atoms with Gasteiger partial charge in [-0.15, -0.1) is 0 Å². The van der Waals surface area contributed by atoms with Gasteiger partial charge in [-0.05, 0) is 36.2 Å². The molecule has 4 aromatic rings. The Labute approximate surface area is 244 Å². The van der Waals surface area contributed by atoms with Crippen molar-refractivity contribution >= 4 is 46.4 Å². The highest BCUT2D eigenvalue weighted by atomic mass is 35.5. The van der Waals surface area contributed by atoms with Crippen LogP contribution < -0.4 is 20.1 Å². The van der Waals surface area contributed by atoms with Gasteiger partial charge in [-0.1, -0.05) is 43.1 Å². The summed E-state index contributed by atoms with van der Waals surface area (Å²) in [5.41, 5.74) is -0.884. The number of carbonyl (C=O) groups excluding carboxylic acids is 2. The number of anilines is 2. The summed E-state index contributed by atoms with van der Waals surface area (Å²) < 4.78 is 26.0. The first kappa shape index (κ1) is 28.3. The van der Waals surface area contributed by atoms with Gasteiger partial charge in [0.15, 0.2) is 5.60 Å². The van der Waals surface area contributed by atoms with Gasteiger partial charge in [0, 0.05) is 39.4 Å². The summed E-state index contributed by atoms with van der Waals surface area (Å²) >= 11 is 12.1. The second-order valence-corrected chi connectivity index (χ2v) is 10.4. The fourth-order valence-electron chi connectivity index (χ4n) is 4.89. The SMILES string of the molecule is COc1ncc(-n2cc(C(=O)Nc3ccc(F)c(Cl)c3)c(C3(O)C(=O)Nc4cc(Cl)ccc43)c2C(C)C)c(OC)n1. The van der Waals surface area contributed by atoms with Gasteiger partial charge in [-0.2, -0.15) is 4.98 Å². The number of benzene rings is 2. The Kier molecular flexibility index (Phi) is 7.37. The molecule has 3 N–H and O–H groups in total. The van der Waals surface area contributed by atoms with Crippen LogP contribution in [0.3, 0.4) is 0 Å². The Balaban J connectivity index is 1.79. The molecule has 1 atom stereocenters. The van der Waals surface area contributed by atoms with E-state index < -0.39 is 23.2 Å². The molecule has 41 heavy (non-hydrogen) atoms. The molecule has 0 fully saturated rings. The van der Waals surface area contributed by atoms with Gasteiger partial charge in [0.1, 0.15) is 11.5 Å². The van der Waals surface area contributed by atoms with Crippen molar-refractivity contribution in [3.05, 3.63) is 87.0 Å². The molecular weight excluding hydrogens is 576 g/mol. The lowest BCUT2D eigenvalue weighted by molar-refractivity contribution is -0.129. The van der Waals surface area contributed by atoms with Gasteiger partial charge >= 0.3 is 6.01 Å². The molecule has 212 valence electrons. The maximum Gasteiger partial charge on any atom is 0.319 e. The van der Waals surface area contributed by atoms with E-state index in [0.717, 1.165) is 6.07 Å². The molecule has 0 saturated heterocycles. The first-order chi connectivity index (χ1) is 19.5.